The molecule has 7 fully saturated rings. The number of imidazole rings is 1. The summed E-state index contributed by atoms with van der Waals surface area (Å²) in [4.78, 5) is 33.2. The lowest BCUT2D eigenvalue weighted by Gasteiger charge is -2.56. The third-order valence-corrected chi connectivity index (χ3v) is 9.91. The first-order valence-corrected chi connectivity index (χ1v) is 13.8. The monoisotopic (exact) mass is 475 g/mol. The molecule has 0 radical (unpaired) electrons. The Hall–Kier alpha value is -2.41. The Morgan fingerprint density at radius 3 is 2.40 bits per heavy atom. The molecule has 1 atom stereocenters. The second-order valence-corrected chi connectivity index (χ2v) is 12.5. The van der Waals surface area contributed by atoms with Crippen molar-refractivity contribution in [3.63, 3.8) is 0 Å². The van der Waals surface area contributed by atoms with Crippen LogP contribution in [0, 0.1) is 29.1 Å². The Labute approximate surface area is 207 Å². The molecule has 3 aliphatic heterocycles. The van der Waals surface area contributed by atoms with Crippen LogP contribution in [0.2, 0.25) is 0 Å². The number of rotatable bonds is 6. The number of amides is 2. The molecule has 2 amide bonds. The van der Waals surface area contributed by atoms with Gasteiger partial charge in [-0.3, -0.25) is 14.0 Å². The van der Waals surface area contributed by atoms with Gasteiger partial charge >= 0.3 is 0 Å². The van der Waals surface area contributed by atoms with Crippen LogP contribution in [0.25, 0.3) is 5.65 Å². The molecule has 4 saturated carbocycles. The Balaban J connectivity index is 1.02. The lowest BCUT2D eigenvalue weighted by Crippen LogP contribution is -2.57. The normalized spacial score (nSPS) is 37.0. The minimum absolute atomic E-state index is 0.0278. The Morgan fingerprint density at radius 1 is 1.03 bits per heavy atom. The number of piperidine rings is 3. The quantitative estimate of drug-likeness (QED) is 0.673. The first-order chi connectivity index (χ1) is 17.0. The topological polar surface area (TPSA) is 78.7 Å². The maximum atomic E-state index is 13.3. The van der Waals surface area contributed by atoms with Crippen molar-refractivity contribution in [2.24, 2.45) is 29.1 Å². The molecule has 4 aliphatic carbocycles. The van der Waals surface area contributed by atoms with Gasteiger partial charge in [0, 0.05) is 25.3 Å². The molecule has 2 N–H and O–H groups in total. The summed E-state index contributed by atoms with van der Waals surface area (Å²) in [5.74, 6) is 3.24. The zero-order chi connectivity index (χ0) is 23.6. The van der Waals surface area contributed by atoms with Crippen LogP contribution in [0.5, 0.6) is 0 Å². The lowest BCUT2D eigenvalue weighted by atomic mass is 9.49. The Bertz CT molecular complexity index is 1110. The molecular formula is C28H37N5O2. The van der Waals surface area contributed by atoms with Gasteiger partial charge in [-0.15, -0.1) is 0 Å². The van der Waals surface area contributed by atoms with Gasteiger partial charge in [0.15, 0.2) is 0 Å². The highest BCUT2D eigenvalue weighted by Gasteiger charge is 2.50. The van der Waals surface area contributed by atoms with Crippen LogP contribution in [0.15, 0.2) is 24.4 Å². The summed E-state index contributed by atoms with van der Waals surface area (Å²) in [5.41, 5.74) is 2.35. The average Bonchev–Trinajstić information content (AvgIpc) is 3.25. The molecule has 35 heavy (non-hydrogen) atoms. The van der Waals surface area contributed by atoms with E-state index in [2.05, 4.69) is 20.5 Å². The van der Waals surface area contributed by atoms with Gasteiger partial charge in [0.2, 0.25) is 5.91 Å². The van der Waals surface area contributed by atoms with E-state index in [0.29, 0.717) is 22.7 Å². The van der Waals surface area contributed by atoms with E-state index < -0.39 is 0 Å². The van der Waals surface area contributed by atoms with Crippen molar-refractivity contribution in [1.29, 1.82) is 0 Å². The molecule has 7 aliphatic rings. The van der Waals surface area contributed by atoms with Crippen molar-refractivity contribution in [3.05, 3.63) is 35.8 Å². The van der Waals surface area contributed by atoms with Crippen molar-refractivity contribution in [2.45, 2.75) is 63.8 Å². The number of aromatic nitrogens is 2. The third kappa shape index (κ3) is 4.05. The summed E-state index contributed by atoms with van der Waals surface area (Å²) in [6.07, 6.45) is 12.6. The maximum absolute atomic E-state index is 13.3. The van der Waals surface area contributed by atoms with E-state index >= 15 is 0 Å². The van der Waals surface area contributed by atoms with Crippen LogP contribution in [0.4, 0.5) is 0 Å². The van der Waals surface area contributed by atoms with Gasteiger partial charge in [0.05, 0.1) is 12.1 Å². The predicted molar refractivity (Wildman–Crippen MR) is 133 cm³/mol. The van der Waals surface area contributed by atoms with Gasteiger partial charge in [-0.05, 0) is 106 Å². The molecule has 7 heteroatoms. The molecule has 1 unspecified atom stereocenters. The fraction of sp³-hybridized carbons (Fsp3) is 0.679. The maximum Gasteiger partial charge on any atom is 0.268 e. The molecule has 0 spiro atoms. The fourth-order valence-corrected chi connectivity index (χ4v) is 8.75. The molecule has 3 saturated heterocycles. The number of nitrogens with zero attached hydrogens (tertiary/aromatic N) is 3. The number of fused-ring (bicyclic) bond motifs is 4. The highest BCUT2D eigenvalue weighted by Crippen LogP contribution is 2.59. The van der Waals surface area contributed by atoms with Gasteiger partial charge in [-0.1, -0.05) is 6.07 Å². The van der Waals surface area contributed by atoms with E-state index in [1.54, 1.807) is 0 Å². The van der Waals surface area contributed by atoms with Crippen LogP contribution in [0.3, 0.4) is 0 Å². The second kappa shape index (κ2) is 8.32. The molecule has 7 nitrogen and oxygen atoms in total. The Kier molecular flexibility index (Phi) is 5.19. The zero-order valence-electron chi connectivity index (χ0n) is 20.5. The SMILES string of the molecule is O=C(Cc1cn2c(C(=O)NCC34CC5CC(CC(C5)C3)C4)cccc2n1)NC1CN2CCC1CC2. The standard InChI is InChI=1S/C28H37N5O2/c34-26(31-23-16-32-6-4-21(23)5-7-32)11-22-15-33-24(2-1-3-25(33)30-22)27(35)29-17-28-12-18-8-19(13-28)10-20(9-18)14-28/h1-3,15,18-21,23H,4-14,16-17H2,(H,29,35)(H,31,34). The number of hydrogen-bond acceptors (Lipinski definition) is 4. The summed E-state index contributed by atoms with van der Waals surface area (Å²) in [5, 5.41) is 6.55. The number of hydrogen-bond donors (Lipinski definition) is 2. The van der Waals surface area contributed by atoms with Crippen molar-refractivity contribution in [3.8, 4) is 0 Å². The molecule has 0 aromatic carbocycles. The van der Waals surface area contributed by atoms with E-state index in [9.17, 15) is 9.59 Å². The van der Waals surface area contributed by atoms with Crippen molar-refractivity contribution < 1.29 is 9.59 Å². The summed E-state index contributed by atoms with van der Waals surface area (Å²) in [6.45, 7) is 4.08. The molecule has 2 aromatic heterocycles. The number of nitrogens with one attached hydrogen (secondary N) is 2. The predicted octanol–water partition coefficient (Wildman–Crippen LogP) is 3.03. The van der Waals surface area contributed by atoms with E-state index in [-0.39, 0.29) is 24.3 Å². The van der Waals surface area contributed by atoms with Crippen LogP contribution in [-0.2, 0) is 11.2 Å². The Morgan fingerprint density at radius 2 is 1.74 bits per heavy atom. The molecule has 9 rings (SSSR count). The highest BCUT2D eigenvalue weighted by atomic mass is 16.2. The summed E-state index contributed by atoms with van der Waals surface area (Å²) < 4.78 is 1.85. The van der Waals surface area contributed by atoms with Gasteiger partial charge < -0.3 is 15.5 Å². The molecular weight excluding hydrogens is 438 g/mol. The van der Waals surface area contributed by atoms with Gasteiger partial charge in [0.25, 0.3) is 5.91 Å². The van der Waals surface area contributed by atoms with Gasteiger partial charge in [0.1, 0.15) is 11.3 Å². The smallest absolute Gasteiger partial charge is 0.268 e. The van der Waals surface area contributed by atoms with Crippen molar-refractivity contribution >= 4 is 17.5 Å². The minimum Gasteiger partial charge on any atom is -0.351 e. The molecule has 5 heterocycles. The van der Waals surface area contributed by atoms with E-state index in [0.717, 1.165) is 49.6 Å². The van der Waals surface area contributed by atoms with E-state index in [1.807, 2.05) is 28.8 Å². The zero-order valence-corrected chi connectivity index (χ0v) is 20.5. The largest absolute Gasteiger partial charge is 0.351 e. The van der Waals surface area contributed by atoms with E-state index in [1.165, 1.54) is 51.4 Å². The first-order valence-electron chi connectivity index (χ1n) is 13.8. The molecule has 2 aromatic rings. The summed E-state index contributed by atoms with van der Waals surface area (Å²) in [6, 6.07) is 5.91. The third-order valence-electron chi connectivity index (χ3n) is 9.91. The van der Waals surface area contributed by atoms with Crippen LogP contribution < -0.4 is 10.6 Å². The first kappa shape index (κ1) is 21.8. The van der Waals surface area contributed by atoms with E-state index in [4.69, 9.17) is 0 Å². The average molecular weight is 476 g/mol. The minimum atomic E-state index is -0.0352. The van der Waals surface area contributed by atoms with Crippen LogP contribution in [-0.4, -0.2) is 58.3 Å². The van der Waals surface area contributed by atoms with Gasteiger partial charge in [-0.2, -0.15) is 0 Å². The fourth-order valence-electron chi connectivity index (χ4n) is 8.75. The lowest BCUT2D eigenvalue weighted by molar-refractivity contribution is -0.122. The second-order valence-electron chi connectivity index (χ2n) is 12.5. The molecule has 186 valence electrons. The van der Waals surface area contributed by atoms with Crippen LogP contribution in [0.1, 0.15) is 67.5 Å². The molecule has 6 bridgehead atoms. The highest BCUT2D eigenvalue weighted by molar-refractivity contribution is 5.93. The number of pyridine rings is 1. The summed E-state index contributed by atoms with van der Waals surface area (Å²) in [7, 11) is 0. The van der Waals surface area contributed by atoms with Gasteiger partial charge in [-0.25, -0.2) is 4.98 Å². The van der Waals surface area contributed by atoms with Crippen molar-refractivity contribution in [1.82, 2.24) is 24.9 Å². The van der Waals surface area contributed by atoms with Crippen LogP contribution >= 0.6 is 0 Å². The van der Waals surface area contributed by atoms with Crippen molar-refractivity contribution in [2.75, 3.05) is 26.2 Å². The number of carbonyl (C=O) groups excluding carboxylic acids is 2. The summed E-state index contributed by atoms with van der Waals surface area (Å²) >= 11 is 0. The number of carbonyl (C=O) groups is 2.